The minimum Gasteiger partial charge on any atom is -0.378 e. The third kappa shape index (κ3) is 3.22. The topological polar surface area (TPSA) is 83.2 Å². The molecule has 4 atom stereocenters. The molecule has 1 saturated carbocycles. The van der Waals surface area contributed by atoms with Gasteiger partial charge >= 0.3 is 0 Å². The predicted molar refractivity (Wildman–Crippen MR) is 73.6 cm³/mol. The largest absolute Gasteiger partial charge is 0.378 e. The molecule has 7 heteroatoms. The number of carbonyl (C=O) groups excluding carboxylic acids is 1. The average Bonchev–Trinajstić information content (AvgIpc) is 2.92. The van der Waals surface area contributed by atoms with Gasteiger partial charge in [-0.3, -0.25) is 4.79 Å². The molecule has 2 aliphatic heterocycles. The van der Waals surface area contributed by atoms with Gasteiger partial charge in [0.25, 0.3) is 0 Å². The molecule has 0 aromatic carbocycles. The Labute approximate surface area is 124 Å². The number of ether oxygens (including phenoxy) is 4. The maximum absolute atomic E-state index is 12.1. The third-order valence-corrected chi connectivity index (χ3v) is 4.24. The fourth-order valence-electron chi connectivity index (χ4n) is 3.22. The summed E-state index contributed by atoms with van der Waals surface area (Å²) < 4.78 is 22.7. The highest BCUT2D eigenvalue weighted by Crippen LogP contribution is 2.38. The Morgan fingerprint density at radius 1 is 1.29 bits per heavy atom. The summed E-state index contributed by atoms with van der Waals surface area (Å²) in [6.07, 6.45) is 0.134. The molecule has 0 aromatic rings. The molecule has 0 aromatic heterocycles. The first-order valence-electron chi connectivity index (χ1n) is 7.54. The predicted octanol–water partition coefficient (Wildman–Crippen LogP) is -0.518. The summed E-state index contributed by atoms with van der Waals surface area (Å²) in [4.78, 5) is 13.9. The van der Waals surface area contributed by atoms with E-state index in [0.29, 0.717) is 32.7 Å². The lowest BCUT2D eigenvalue weighted by molar-refractivity contribution is -0.170. The third-order valence-electron chi connectivity index (χ3n) is 4.24. The Morgan fingerprint density at radius 3 is 2.67 bits per heavy atom. The molecule has 2 heterocycles. The molecule has 3 aliphatic rings. The van der Waals surface area contributed by atoms with E-state index in [0.717, 1.165) is 0 Å². The zero-order valence-corrected chi connectivity index (χ0v) is 12.6. The van der Waals surface area contributed by atoms with Gasteiger partial charge < -0.3 is 29.6 Å². The van der Waals surface area contributed by atoms with Gasteiger partial charge in [0.05, 0.1) is 19.3 Å². The first kappa shape index (κ1) is 15.2. The monoisotopic (exact) mass is 300 g/mol. The standard InChI is InChI=1S/C14H24N2O5/c1-14(2)20-12-9(15)7-10(13(12)21-14)19-8-11(17)16-3-5-18-6-4-16/h9-10,12-13H,3-8,15H2,1-2H3/t9-,10+,12+,13-/m1/s1. The van der Waals surface area contributed by atoms with Gasteiger partial charge in [-0.05, 0) is 20.3 Å². The normalized spacial score (nSPS) is 38.5. The Hall–Kier alpha value is -0.730. The van der Waals surface area contributed by atoms with Gasteiger partial charge in [-0.1, -0.05) is 0 Å². The van der Waals surface area contributed by atoms with Crippen LogP contribution >= 0.6 is 0 Å². The Bertz CT molecular complexity index is 397. The number of hydrogen-bond donors (Lipinski definition) is 1. The van der Waals surface area contributed by atoms with E-state index in [-0.39, 0.29) is 36.9 Å². The van der Waals surface area contributed by atoms with Crippen molar-refractivity contribution in [1.82, 2.24) is 4.90 Å². The maximum atomic E-state index is 12.1. The van der Waals surface area contributed by atoms with Gasteiger partial charge in [0.15, 0.2) is 5.79 Å². The van der Waals surface area contributed by atoms with Crippen LogP contribution in [0.2, 0.25) is 0 Å². The van der Waals surface area contributed by atoms with Crippen LogP contribution in [0.25, 0.3) is 0 Å². The van der Waals surface area contributed by atoms with Crippen molar-refractivity contribution < 1.29 is 23.7 Å². The molecule has 0 bridgehead atoms. The van der Waals surface area contributed by atoms with Crippen molar-refractivity contribution in [3.8, 4) is 0 Å². The molecule has 21 heavy (non-hydrogen) atoms. The minimum absolute atomic E-state index is 0.00602. The Balaban J connectivity index is 1.52. The molecular weight excluding hydrogens is 276 g/mol. The number of nitrogens with zero attached hydrogens (tertiary/aromatic N) is 1. The molecule has 120 valence electrons. The van der Waals surface area contributed by atoms with Crippen LogP contribution < -0.4 is 5.73 Å². The second kappa shape index (κ2) is 5.81. The summed E-state index contributed by atoms with van der Waals surface area (Å²) >= 11 is 0. The van der Waals surface area contributed by atoms with Crippen molar-refractivity contribution in [3.05, 3.63) is 0 Å². The lowest BCUT2D eigenvalue weighted by atomic mass is 10.2. The summed E-state index contributed by atoms with van der Waals surface area (Å²) in [6, 6.07) is -0.111. The Kier molecular flexibility index (Phi) is 4.20. The van der Waals surface area contributed by atoms with Gasteiger partial charge in [-0.2, -0.15) is 0 Å². The Morgan fingerprint density at radius 2 is 1.95 bits per heavy atom. The lowest BCUT2D eigenvalue weighted by Gasteiger charge is -2.28. The smallest absolute Gasteiger partial charge is 0.248 e. The quantitative estimate of drug-likeness (QED) is 0.755. The first-order chi connectivity index (χ1) is 9.96. The molecule has 3 rings (SSSR count). The van der Waals surface area contributed by atoms with Crippen LogP contribution in [-0.4, -0.2) is 73.9 Å². The van der Waals surface area contributed by atoms with E-state index >= 15 is 0 Å². The fraction of sp³-hybridized carbons (Fsp3) is 0.929. The summed E-state index contributed by atoms with van der Waals surface area (Å²) in [7, 11) is 0. The fourth-order valence-corrected chi connectivity index (χ4v) is 3.22. The lowest BCUT2D eigenvalue weighted by Crippen LogP contribution is -2.43. The van der Waals surface area contributed by atoms with E-state index in [1.165, 1.54) is 0 Å². The van der Waals surface area contributed by atoms with Crippen LogP contribution in [0.1, 0.15) is 20.3 Å². The SMILES string of the molecule is CC1(C)O[C@@H]2[C@H](O1)[C@@H](OCC(=O)N1CCOCC1)C[C@H]2N. The van der Waals surface area contributed by atoms with E-state index in [4.69, 9.17) is 24.7 Å². The maximum Gasteiger partial charge on any atom is 0.248 e. The molecule has 7 nitrogen and oxygen atoms in total. The van der Waals surface area contributed by atoms with E-state index in [1.807, 2.05) is 13.8 Å². The minimum atomic E-state index is -0.636. The second-order valence-corrected chi connectivity index (χ2v) is 6.31. The van der Waals surface area contributed by atoms with Gasteiger partial charge in [-0.25, -0.2) is 0 Å². The number of hydrogen-bond acceptors (Lipinski definition) is 6. The van der Waals surface area contributed by atoms with Crippen molar-refractivity contribution in [3.63, 3.8) is 0 Å². The van der Waals surface area contributed by atoms with Crippen LogP contribution in [0.3, 0.4) is 0 Å². The van der Waals surface area contributed by atoms with Crippen LogP contribution in [-0.2, 0) is 23.7 Å². The van der Waals surface area contributed by atoms with Crippen molar-refractivity contribution in [2.24, 2.45) is 5.73 Å². The van der Waals surface area contributed by atoms with Crippen LogP contribution in [0.15, 0.2) is 0 Å². The van der Waals surface area contributed by atoms with E-state index < -0.39 is 5.79 Å². The highest BCUT2D eigenvalue weighted by atomic mass is 16.8. The van der Waals surface area contributed by atoms with Gasteiger partial charge in [0.1, 0.15) is 18.8 Å². The summed E-state index contributed by atoms with van der Waals surface area (Å²) in [6.45, 7) is 6.24. The van der Waals surface area contributed by atoms with Crippen molar-refractivity contribution >= 4 is 5.91 Å². The zero-order chi connectivity index (χ0) is 15.0. The molecule has 0 radical (unpaired) electrons. The number of rotatable bonds is 3. The van der Waals surface area contributed by atoms with Crippen molar-refractivity contribution in [2.45, 2.75) is 50.4 Å². The number of morpholine rings is 1. The summed E-state index contributed by atoms with van der Waals surface area (Å²) in [5.41, 5.74) is 6.08. The van der Waals surface area contributed by atoms with Gasteiger partial charge in [-0.15, -0.1) is 0 Å². The zero-order valence-electron chi connectivity index (χ0n) is 12.6. The number of fused-ring (bicyclic) bond motifs is 1. The van der Waals surface area contributed by atoms with Crippen LogP contribution in [0.4, 0.5) is 0 Å². The van der Waals surface area contributed by atoms with Gasteiger partial charge in [0, 0.05) is 19.1 Å². The molecule has 0 spiro atoms. The highest BCUT2D eigenvalue weighted by molar-refractivity contribution is 5.77. The van der Waals surface area contributed by atoms with Gasteiger partial charge in [0.2, 0.25) is 5.91 Å². The second-order valence-electron chi connectivity index (χ2n) is 6.31. The highest BCUT2D eigenvalue weighted by Gasteiger charge is 2.53. The molecule has 1 aliphatic carbocycles. The van der Waals surface area contributed by atoms with Crippen molar-refractivity contribution in [1.29, 1.82) is 0 Å². The summed E-state index contributed by atoms with van der Waals surface area (Å²) in [5.74, 6) is -0.642. The molecule has 0 unspecified atom stereocenters. The average molecular weight is 300 g/mol. The van der Waals surface area contributed by atoms with E-state index in [2.05, 4.69) is 0 Å². The molecular formula is C14H24N2O5. The van der Waals surface area contributed by atoms with Crippen LogP contribution in [0.5, 0.6) is 0 Å². The summed E-state index contributed by atoms with van der Waals surface area (Å²) in [5, 5.41) is 0. The number of amides is 1. The van der Waals surface area contributed by atoms with Crippen molar-refractivity contribution in [2.75, 3.05) is 32.9 Å². The first-order valence-corrected chi connectivity index (χ1v) is 7.54. The van der Waals surface area contributed by atoms with E-state index in [1.54, 1.807) is 4.90 Å². The molecule has 2 saturated heterocycles. The number of nitrogens with two attached hydrogens (primary N) is 1. The number of carbonyl (C=O) groups is 1. The van der Waals surface area contributed by atoms with E-state index in [9.17, 15) is 4.79 Å². The molecule has 2 N–H and O–H groups in total. The molecule has 3 fully saturated rings. The van der Waals surface area contributed by atoms with Crippen LogP contribution in [0, 0.1) is 0 Å². The molecule has 1 amide bonds.